The van der Waals surface area contributed by atoms with Crippen molar-refractivity contribution in [3.63, 3.8) is 0 Å². The molecule has 21 heavy (non-hydrogen) atoms. The van der Waals surface area contributed by atoms with Crippen LogP contribution in [0.25, 0.3) is 0 Å². The van der Waals surface area contributed by atoms with Gasteiger partial charge in [0.15, 0.2) is 0 Å². The van der Waals surface area contributed by atoms with Gasteiger partial charge in [0.1, 0.15) is 25.3 Å². The molecule has 0 saturated carbocycles. The smallest absolute Gasteiger partial charge is 0.343 e. The highest BCUT2D eigenvalue weighted by atomic mass is 35.5. The molecule has 0 bridgehead atoms. The Morgan fingerprint density at radius 3 is 2.33 bits per heavy atom. The summed E-state index contributed by atoms with van der Waals surface area (Å²) < 4.78 is 27.3. The largest absolute Gasteiger partial charge is 1.00 e. The maximum Gasteiger partial charge on any atom is 0.343 e. The van der Waals surface area contributed by atoms with Crippen LogP contribution in [0.5, 0.6) is 0 Å². The first-order chi connectivity index (χ1) is 9.51. The van der Waals surface area contributed by atoms with Crippen molar-refractivity contribution in [3.8, 4) is 0 Å². The molecule has 1 N–H and O–H groups in total. The zero-order chi connectivity index (χ0) is 14.2. The van der Waals surface area contributed by atoms with E-state index in [9.17, 15) is 4.57 Å². The predicted octanol–water partition coefficient (Wildman–Crippen LogP) is -1.95. The van der Waals surface area contributed by atoms with Crippen molar-refractivity contribution in [2.24, 2.45) is 0 Å². The summed E-state index contributed by atoms with van der Waals surface area (Å²) >= 11 is 0. The third-order valence-corrected chi connectivity index (χ3v) is 6.99. The Bertz CT molecular complexity index is 382. The molecular formula is C13H27ClN3O3P. The summed E-state index contributed by atoms with van der Waals surface area (Å²) in [5.74, 6) is 0. The molecule has 3 unspecified atom stereocenters. The Hall–Kier alpha value is 0.320. The Morgan fingerprint density at radius 2 is 1.81 bits per heavy atom. The van der Waals surface area contributed by atoms with Gasteiger partial charge in [0.2, 0.25) is 0 Å². The number of nitrogens with one attached hydrogen (secondary N) is 1. The molecule has 3 heterocycles. The number of ether oxygens (including phenoxy) is 1. The van der Waals surface area contributed by atoms with E-state index in [1.54, 1.807) is 0 Å². The molecule has 3 aliphatic rings. The minimum atomic E-state index is -2.75. The van der Waals surface area contributed by atoms with Crippen molar-refractivity contribution in [2.45, 2.75) is 32.5 Å². The number of quaternary nitrogens is 1. The summed E-state index contributed by atoms with van der Waals surface area (Å²) in [7, 11) is -2.75. The van der Waals surface area contributed by atoms with Gasteiger partial charge in [-0.1, -0.05) is 0 Å². The molecular weight excluding hydrogens is 313 g/mol. The number of halogens is 1. The normalized spacial score (nSPS) is 40.7. The van der Waals surface area contributed by atoms with Gasteiger partial charge in [-0.2, -0.15) is 0 Å². The summed E-state index contributed by atoms with van der Waals surface area (Å²) in [6.07, 6.45) is 1.60. The van der Waals surface area contributed by atoms with Crippen LogP contribution in [0.1, 0.15) is 20.3 Å². The first kappa shape index (κ1) is 17.7. The second kappa shape index (κ2) is 6.83. The van der Waals surface area contributed by atoms with Crippen LogP contribution >= 0.6 is 7.67 Å². The molecule has 3 saturated heterocycles. The molecule has 3 rings (SSSR count). The lowest BCUT2D eigenvalue weighted by Crippen LogP contribution is -3.00. The highest BCUT2D eigenvalue weighted by Crippen LogP contribution is 2.49. The maximum absolute atomic E-state index is 12.7. The Balaban J connectivity index is 0.00000161. The highest BCUT2D eigenvalue weighted by molar-refractivity contribution is 7.54. The summed E-state index contributed by atoms with van der Waals surface area (Å²) in [6.45, 7) is 11.7. The summed E-state index contributed by atoms with van der Waals surface area (Å²) in [6, 6.07) is 0. The van der Waals surface area contributed by atoms with Crippen molar-refractivity contribution in [1.82, 2.24) is 9.76 Å². The average Bonchev–Trinajstić information content (AvgIpc) is 2.38. The van der Waals surface area contributed by atoms with Crippen LogP contribution in [0.15, 0.2) is 0 Å². The van der Waals surface area contributed by atoms with Crippen LogP contribution < -0.4 is 17.5 Å². The molecule has 0 amide bonds. The quantitative estimate of drug-likeness (QED) is 0.444. The van der Waals surface area contributed by atoms with Crippen LogP contribution in [0.3, 0.4) is 0 Å². The molecule has 0 aromatic heterocycles. The van der Waals surface area contributed by atoms with E-state index in [0.29, 0.717) is 18.8 Å². The van der Waals surface area contributed by atoms with Crippen molar-refractivity contribution in [1.29, 1.82) is 0 Å². The fourth-order valence-electron chi connectivity index (χ4n) is 3.86. The number of hydrogen-bond donors (Lipinski definition) is 1. The zero-order valence-corrected chi connectivity index (χ0v) is 14.6. The van der Waals surface area contributed by atoms with Crippen molar-refractivity contribution >= 4 is 7.67 Å². The Kier molecular flexibility index (Phi) is 5.75. The number of hydrogen-bond acceptors (Lipinski definition) is 3. The highest BCUT2D eigenvalue weighted by Gasteiger charge is 2.44. The lowest BCUT2D eigenvalue weighted by atomic mass is 10.1. The van der Waals surface area contributed by atoms with Gasteiger partial charge in [-0.15, -0.1) is 0 Å². The summed E-state index contributed by atoms with van der Waals surface area (Å²) in [5.41, 5.74) is 0. The van der Waals surface area contributed by atoms with Gasteiger partial charge in [-0.05, 0) is 20.3 Å². The average molecular weight is 340 g/mol. The van der Waals surface area contributed by atoms with Crippen LogP contribution in [-0.2, 0) is 13.8 Å². The first-order valence-electron chi connectivity index (χ1n) is 7.77. The minimum absolute atomic E-state index is 0. The third-order valence-electron chi connectivity index (χ3n) is 4.69. The van der Waals surface area contributed by atoms with Gasteiger partial charge < -0.3 is 26.2 Å². The second-order valence-corrected chi connectivity index (χ2v) is 8.66. The monoisotopic (exact) mass is 339 g/mol. The molecule has 1 spiro atoms. The van der Waals surface area contributed by atoms with Gasteiger partial charge in [0, 0.05) is 6.54 Å². The molecule has 3 fully saturated rings. The number of rotatable bonds is 1. The zero-order valence-electron chi connectivity index (χ0n) is 13.0. The second-order valence-electron chi connectivity index (χ2n) is 6.48. The summed E-state index contributed by atoms with van der Waals surface area (Å²) in [4.78, 5) is 0. The molecule has 3 aliphatic heterocycles. The molecule has 0 aliphatic carbocycles. The van der Waals surface area contributed by atoms with E-state index < -0.39 is 7.67 Å². The fraction of sp³-hybridized carbons (Fsp3) is 1.00. The number of piperazine rings is 1. The molecule has 0 aromatic carbocycles. The molecule has 6 nitrogen and oxygen atoms in total. The molecule has 0 radical (unpaired) electrons. The lowest BCUT2D eigenvalue weighted by molar-refractivity contribution is -0.944. The van der Waals surface area contributed by atoms with Crippen LogP contribution in [0.2, 0.25) is 0 Å². The summed E-state index contributed by atoms with van der Waals surface area (Å²) in [5, 5.41) is 3.10. The van der Waals surface area contributed by atoms with Gasteiger partial charge in [-0.25, -0.2) is 9.76 Å². The van der Waals surface area contributed by atoms with Crippen LogP contribution in [0.4, 0.5) is 0 Å². The number of morpholine rings is 1. The van der Waals surface area contributed by atoms with E-state index in [1.165, 1.54) is 0 Å². The fourth-order valence-corrected chi connectivity index (χ4v) is 5.84. The molecule has 124 valence electrons. The third kappa shape index (κ3) is 3.81. The minimum Gasteiger partial charge on any atom is -1.00 e. The predicted molar refractivity (Wildman–Crippen MR) is 77.5 cm³/mol. The Morgan fingerprint density at radius 1 is 1.19 bits per heavy atom. The molecule has 0 aromatic rings. The van der Waals surface area contributed by atoms with Crippen molar-refractivity contribution < 1.29 is 30.7 Å². The SMILES string of the molecule is CC1C[N+]2(CCN(P3(=O)NCCCO3)CC2)CC(C)O1.[Cl-]. The van der Waals surface area contributed by atoms with Crippen LogP contribution in [-0.4, -0.2) is 73.8 Å². The van der Waals surface area contributed by atoms with Gasteiger partial charge in [0.25, 0.3) is 0 Å². The van der Waals surface area contributed by atoms with E-state index in [1.807, 2.05) is 4.67 Å². The first-order valence-corrected chi connectivity index (χ1v) is 9.35. The van der Waals surface area contributed by atoms with E-state index in [4.69, 9.17) is 9.26 Å². The lowest BCUT2D eigenvalue weighted by Gasteiger charge is -2.50. The molecule has 3 atom stereocenters. The Labute approximate surface area is 133 Å². The van der Waals surface area contributed by atoms with Gasteiger partial charge >= 0.3 is 7.67 Å². The van der Waals surface area contributed by atoms with Crippen molar-refractivity contribution in [2.75, 3.05) is 52.4 Å². The van der Waals surface area contributed by atoms with E-state index in [2.05, 4.69) is 18.9 Å². The maximum atomic E-state index is 12.7. The topological polar surface area (TPSA) is 50.8 Å². The number of nitrogens with zero attached hydrogens (tertiary/aromatic N) is 2. The standard InChI is InChI=1S/C13H27N3O3P.ClH/c1-12-10-16(11-13(2)19-12)7-5-15(6-8-16)20(17)14-4-3-9-18-20;/h12-13H,3-11H2,1-2H3,(H,14,17);1H/q+1;/p-1. The molecule has 8 heteroatoms. The van der Waals surface area contributed by atoms with E-state index >= 15 is 0 Å². The van der Waals surface area contributed by atoms with E-state index in [0.717, 1.165) is 56.7 Å². The van der Waals surface area contributed by atoms with Gasteiger partial charge in [0.05, 0.1) is 32.8 Å². The van der Waals surface area contributed by atoms with E-state index in [-0.39, 0.29) is 12.4 Å². The van der Waals surface area contributed by atoms with Gasteiger partial charge in [-0.3, -0.25) is 4.57 Å². The van der Waals surface area contributed by atoms with Crippen LogP contribution in [0, 0.1) is 0 Å². The van der Waals surface area contributed by atoms with Crippen molar-refractivity contribution in [3.05, 3.63) is 0 Å².